The Balaban J connectivity index is 2.39. The summed E-state index contributed by atoms with van der Waals surface area (Å²) in [5, 5.41) is 0.146. The first-order valence-corrected chi connectivity index (χ1v) is 4.44. The van der Waals surface area contributed by atoms with E-state index in [-0.39, 0.29) is 5.37 Å². The third kappa shape index (κ3) is 1.32. The van der Waals surface area contributed by atoms with Gasteiger partial charge < -0.3 is 5.73 Å². The van der Waals surface area contributed by atoms with Gasteiger partial charge in [-0.2, -0.15) is 0 Å². The van der Waals surface area contributed by atoms with Crippen LogP contribution < -0.4 is 5.73 Å². The normalized spacial score (nSPS) is 27.5. The highest BCUT2D eigenvalue weighted by Gasteiger charge is 2.15. The first kappa shape index (κ1) is 6.95. The molecule has 2 aliphatic rings. The molecule has 0 aromatic rings. The lowest BCUT2D eigenvalue weighted by Gasteiger charge is -1.96. The van der Waals surface area contributed by atoms with E-state index < -0.39 is 0 Å². The lowest BCUT2D eigenvalue weighted by atomic mass is 10.2. The van der Waals surface area contributed by atoms with Gasteiger partial charge in [0.05, 0.1) is 5.37 Å². The number of allylic oxidation sites excluding steroid dienone is 6. The van der Waals surface area contributed by atoms with E-state index in [1.807, 2.05) is 18.2 Å². The van der Waals surface area contributed by atoms with Crippen molar-refractivity contribution in [2.75, 3.05) is 0 Å². The van der Waals surface area contributed by atoms with Crippen molar-refractivity contribution in [3.05, 3.63) is 46.9 Å². The molecule has 1 atom stereocenters. The highest BCUT2D eigenvalue weighted by Crippen LogP contribution is 2.35. The first-order chi connectivity index (χ1) is 5.36. The Morgan fingerprint density at radius 3 is 3.09 bits per heavy atom. The summed E-state index contributed by atoms with van der Waals surface area (Å²) in [5.74, 6) is 0. The lowest BCUT2D eigenvalue weighted by Crippen LogP contribution is -2.07. The predicted molar refractivity (Wildman–Crippen MR) is 50.0 cm³/mol. The van der Waals surface area contributed by atoms with E-state index in [9.17, 15) is 0 Å². The van der Waals surface area contributed by atoms with Crippen LogP contribution in [0.1, 0.15) is 0 Å². The lowest BCUT2D eigenvalue weighted by molar-refractivity contribution is 1.17. The van der Waals surface area contributed by atoms with Gasteiger partial charge in [-0.1, -0.05) is 24.3 Å². The number of hydrogen-bond donors (Lipinski definition) is 1. The number of hydrogen-bond acceptors (Lipinski definition) is 2. The van der Waals surface area contributed by atoms with Gasteiger partial charge in [0.1, 0.15) is 0 Å². The van der Waals surface area contributed by atoms with Crippen LogP contribution in [0.15, 0.2) is 46.9 Å². The molecule has 2 heteroatoms. The summed E-state index contributed by atoms with van der Waals surface area (Å²) in [6.07, 6.45) is 12.4. The second-order valence-corrected chi connectivity index (χ2v) is 3.70. The minimum absolute atomic E-state index is 0.146. The molecule has 2 rings (SSSR count). The molecule has 0 aromatic carbocycles. The average Bonchev–Trinajstić information content (AvgIpc) is 2.17. The molecule has 1 unspecified atom stereocenters. The van der Waals surface area contributed by atoms with E-state index >= 15 is 0 Å². The molecule has 0 amide bonds. The minimum atomic E-state index is 0.146. The molecule has 0 aromatic heterocycles. The number of rotatable bonds is 0. The van der Waals surface area contributed by atoms with Gasteiger partial charge in [-0.05, 0) is 17.7 Å². The minimum Gasteiger partial charge on any atom is -0.316 e. The van der Waals surface area contributed by atoms with Gasteiger partial charge in [0, 0.05) is 4.91 Å². The average molecular weight is 163 g/mol. The zero-order valence-electron chi connectivity index (χ0n) is 6.03. The Labute approximate surface area is 70.4 Å². The van der Waals surface area contributed by atoms with E-state index in [4.69, 9.17) is 5.73 Å². The number of thioether (sulfide) groups is 1. The van der Waals surface area contributed by atoms with Crippen molar-refractivity contribution in [2.45, 2.75) is 5.37 Å². The van der Waals surface area contributed by atoms with Crippen molar-refractivity contribution in [2.24, 2.45) is 5.73 Å². The summed E-state index contributed by atoms with van der Waals surface area (Å²) in [4.78, 5) is 1.28. The Morgan fingerprint density at radius 2 is 2.18 bits per heavy atom. The van der Waals surface area contributed by atoms with E-state index in [2.05, 4.69) is 18.2 Å². The van der Waals surface area contributed by atoms with Gasteiger partial charge in [0.25, 0.3) is 0 Å². The summed E-state index contributed by atoms with van der Waals surface area (Å²) < 4.78 is 0. The largest absolute Gasteiger partial charge is 0.316 e. The van der Waals surface area contributed by atoms with Gasteiger partial charge in [-0.15, -0.1) is 11.8 Å². The quantitative estimate of drug-likeness (QED) is 0.590. The molecule has 1 nitrogen and oxygen atoms in total. The Bertz CT molecular complexity index is 284. The second-order valence-electron chi connectivity index (χ2n) is 2.48. The van der Waals surface area contributed by atoms with Gasteiger partial charge in [0.15, 0.2) is 0 Å². The van der Waals surface area contributed by atoms with Gasteiger partial charge in [-0.25, -0.2) is 0 Å². The zero-order valence-corrected chi connectivity index (χ0v) is 6.84. The molecular formula is C9H9NS. The van der Waals surface area contributed by atoms with Crippen LogP contribution in [0.2, 0.25) is 0 Å². The third-order valence-corrected chi connectivity index (χ3v) is 2.67. The molecule has 56 valence electrons. The van der Waals surface area contributed by atoms with Crippen LogP contribution in [0, 0.1) is 0 Å². The van der Waals surface area contributed by atoms with Gasteiger partial charge in [0.2, 0.25) is 0 Å². The summed E-state index contributed by atoms with van der Waals surface area (Å²) in [6.45, 7) is 0. The fraction of sp³-hybridized carbons (Fsp3) is 0.111. The molecule has 1 aliphatic carbocycles. The van der Waals surface area contributed by atoms with E-state index in [1.165, 1.54) is 10.5 Å². The molecule has 11 heavy (non-hydrogen) atoms. The molecule has 0 saturated heterocycles. The van der Waals surface area contributed by atoms with Crippen LogP contribution in [0.4, 0.5) is 0 Å². The van der Waals surface area contributed by atoms with Crippen molar-refractivity contribution in [1.29, 1.82) is 0 Å². The third-order valence-electron chi connectivity index (χ3n) is 1.64. The molecule has 0 bridgehead atoms. The van der Waals surface area contributed by atoms with E-state index in [0.29, 0.717) is 0 Å². The van der Waals surface area contributed by atoms with Crippen LogP contribution in [0.5, 0.6) is 0 Å². The molecular weight excluding hydrogens is 154 g/mol. The molecule has 0 radical (unpaired) electrons. The highest BCUT2D eigenvalue weighted by molar-refractivity contribution is 8.04. The van der Waals surface area contributed by atoms with Crippen molar-refractivity contribution in [1.82, 2.24) is 0 Å². The molecule has 0 fully saturated rings. The van der Waals surface area contributed by atoms with Crippen molar-refractivity contribution in [3.63, 3.8) is 0 Å². The zero-order chi connectivity index (χ0) is 7.68. The molecule has 0 saturated carbocycles. The van der Waals surface area contributed by atoms with E-state index in [0.717, 1.165) is 0 Å². The summed E-state index contributed by atoms with van der Waals surface area (Å²) in [7, 11) is 0. The van der Waals surface area contributed by atoms with Gasteiger partial charge in [-0.3, -0.25) is 0 Å². The Morgan fingerprint density at radius 1 is 1.27 bits per heavy atom. The van der Waals surface area contributed by atoms with Crippen LogP contribution in [-0.2, 0) is 0 Å². The van der Waals surface area contributed by atoms with Crippen LogP contribution in [-0.4, -0.2) is 5.37 Å². The summed E-state index contributed by atoms with van der Waals surface area (Å²) in [5.41, 5.74) is 6.99. The molecule has 0 spiro atoms. The van der Waals surface area contributed by atoms with Crippen molar-refractivity contribution >= 4 is 11.8 Å². The topological polar surface area (TPSA) is 26.0 Å². The molecule has 2 N–H and O–H groups in total. The van der Waals surface area contributed by atoms with Crippen LogP contribution >= 0.6 is 11.8 Å². The maximum absolute atomic E-state index is 5.73. The highest BCUT2D eigenvalue weighted by atomic mass is 32.2. The van der Waals surface area contributed by atoms with Gasteiger partial charge >= 0.3 is 0 Å². The summed E-state index contributed by atoms with van der Waals surface area (Å²) in [6, 6.07) is 0. The van der Waals surface area contributed by atoms with Crippen LogP contribution in [0.3, 0.4) is 0 Å². The second kappa shape index (κ2) is 2.72. The first-order valence-electron chi connectivity index (χ1n) is 3.56. The Kier molecular flexibility index (Phi) is 1.72. The smallest absolute Gasteiger partial charge is 0.0750 e. The van der Waals surface area contributed by atoms with Crippen molar-refractivity contribution < 1.29 is 0 Å². The van der Waals surface area contributed by atoms with E-state index in [1.54, 1.807) is 11.8 Å². The Hall–Kier alpha value is -0.730. The maximum Gasteiger partial charge on any atom is 0.0750 e. The fourth-order valence-electron chi connectivity index (χ4n) is 1.15. The monoisotopic (exact) mass is 163 g/mol. The van der Waals surface area contributed by atoms with Crippen molar-refractivity contribution in [3.8, 4) is 0 Å². The van der Waals surface area contributed by atoms with Crippen LogP contribution in [0.25, 0.3) is 0 Å². The predicted octanol–water partition coefficient (Wildman–Crippen LogP) is 1.95. The molecule has 1 aliphatic heterocycles. The maximum atomic E-state index is 5.73. The standard InChI is InChI=1S/C9H9NS/c10-9-6-7-4-2-1-3-5-8(7)11-9/h1-6,9H,10H2. The molecule has 1 heterocycles. The summed E-state index contributed by atoms with van der Waals surface area (Å²) >= 11 is 1.71. The number of nitrogens with two attached hydrogens (primary N) is 1. The SMILES string of the molecule is NC1C=C2C=CC=CC=C2S1. The fourth-order valence-corrected chi connectivity index (χ4v) is 2.08. The number of fused-ring (bicyclic) bond motifs is 1.